The van der Waals surface area contributed by atoms with Crippen LogP contribution in [0.4, 0.5) is 0 Å². The Balaban J connectivity index is 2.57. The number of rotatable bonds is 6. The molecule has 0 radical (unpaired) electrons. The van der Waals surface area contributed by atoms with Gasteiger partial charge < -0.3 is 9.73 Å². The molecule has 4 heteroatoms. The summed E-state index contributed by atoms with van der Waals surface area (Å²) in [5.41, 5.74) is 0. The predicted molar refractivity (Wildman–Crippen MR) is 55.3 cm³/mol. The number of nitrogens with zero attached hydrogens (tertiary/aromatic N) is 2. The highest BCUT2D eigenvalue weighted by molar-refractivity contribution is 4.90. The van der Waals surface area contributed by atoms with Gasteiger partial charge in [-0.3, -0.25) is 0 Å². The molecule has 0 spiro atoms. The summed E-state index contributed by atoms with van der Waals surface area (Å²) in [6.45, 7) is 5.17. The zero-order valence-corrected chi connectivity index (χ0v) is 9.21. The van der Waals surface area contributed by atoms with Crippen LogP contribution >= 0.6 is 0 Å². The summed E-state index contributed by atoms with van der Waals surface area (Å²) in [5.74, 6) is 1.95. The largest absolute Gasteiger partial charge is 0.425 e. The molecule has 1 heterocycles. The molecule has 0 bridgehead atoms. The molecule has 14 heavy (non-hydrogen) atoms. The van der Waals surface area contributed by atoms with Crippen molar-refractivity contribution in [3.8, 4) is 0 Å². The fraction of sp³-hybridized carbons (Fsp3) is 0.800. The lowest BCUT2D eigenvalue weighted by atomic mass is 10.0. The molecule has 0 fully saturated rings. The van der Waals surface area contributed by atoms with Crippen molar-refractivity contribution in [3.05, 3.63) is 11.8 Å². The third-order valence-electron chi connectivity index (χ3n) is 2.41. The molecule has 0 saturated carbocycles. The smallest absolute Gasteiger partial charge is 0.219 e. The Hall–Kier alpha value is -0.900. The standard InChI is InChI=1S/C10H19N3O/c1-4-8(5-2)10-13-12-9(14-10)6-7-11-3/h8,11H,4-7H2,1-3H3. The van der Waals surface area contributed by atoms with E-state index in [2.05, 4.69) is 29.4 Å². The minimum absolute atomic E-state index is 0.422. The molecule has 1 rings (SSSR count). The molecular formula is C10H19N3O. The number of nitrogens with one attached hydrogen (secondary N) is 1. The minimum atomic E-state index is 0.422. The fourth-order valence-electron chi connectivity index (χ4n) is 1.40. The average Bonchev–Trinajstić information content (AvgIpc) is 2.65. The van der Waals surface area contributed by atoms with E-state index < -0.39 is 0 Å². The zero-order chi connectivity index (χ0) is 10.4. The highest BCUT2D eigenvalue weighted by atomic mass is 16.4. The van der Waals surface area contributed by atoms with Crippen LogP contribution in [-0.4, -0.2) is 23.8 Å². The molecule has 1 aromatic heterocycles. The van der Waals surface area contributed by atoms with Crippen molar-refractivity contribution >= 4 is 0 Å². The number of aromatic nitrogens is 2. The van der Waals surface area contributed by atoms with Crippen LogP contribution in [0.3, 0.4) is 0 Å². The summed E-state index contributed by atoms with van der Waals surface area (Å²) >= 11 is 0. The lowest BCUT2D eigenvalue weighted by Crippen LogP contribution is -2.10. The third kappa shape index (κ3) is 2.80. The molecule has 0 aliphatic rings. The van der Waals surface area contributed by atoms with Crippen molar-refractivity contribution in [1.82, 2.24) is 15.5 Å². The van der Waals surface area contributed by atoms with Gasteiger partial charge in [0, 0.05) is 18.9 Å². The third-order valence-corrected chi connectivity index (χ3v) is 2.41. The highest BCUT2D eigenvalue weighted by Crippen LogP contribution is 2.21. The van der Waals surface area contributed by atoms with E-state index in [0.717, 1.165) is 37.6 Å². The van der Waals surface area contributed by atoms with E-state index in [0.29, 0.717) is 5.92 Å². The van der Waals surface area contributed by atoms with Gasteiger partial charge in [0.25, 0.3) is 0 Å². The van der Waals surface area contributed by atoms with Gasteiger partial charge >= 0.3 is 0 Å². The van der Waals surface area contributed by atoms with E-state index >= 15 is 0 Å². The SMILES string of the molecule is CCC(CC)c1nnc(CCNC)o1. The highest BCUT2D eigenvalue weighted by Gasteiger charge is 2.14. The first-order valence-electron chi connectivity index (χ1n) is 5.28. The van der Waals surface area contributed by atoms with E-state index in [-0.39, 0.29) is 0 Å². The molecule has 0 atom stereocenters. The molecule has 1 aromatic rings. The van der Waals surface area contributed by atoms with Crippen LogP contribution in [0.2, 0.25) is 0 Å². The maximum Gasteiger partial charge on any atom is 0.219 e. The van der Waals surface area contributed by atoms with Crippen molar-refractivity contribution < 1.29 is 4.42 Å². The molecule has 80 valence electrons. The normalized spacial score (nSPS) is 11.1. The number of hydrogen-bond acceptors (Lipinski definition) is 4. The lowest BCUT2D eigenvalue weighted by Gasteiger charge is -2.04. The van der Waals surface area contributed by atoms with Crippen LogP contribution in [0.25, 0.3) is 0 Å². The second kappa shape index (κ2) is 5.75. The van der Waals surface area contributed by atoms with E-state index in [9.17, 15) is 0 Å². The number of hydrogen-bond donors (Lipinski definition) is 1. The van der Waals surface area contributed by atoms with Crippen LogP contribution in [0, 0.1) is 0 Å². The second-order valence-electron chi connectivity index (χ2n) is 3.40. The van der Waals surface area contributed by atoms with Crippen LogP contribution in [-0.2, 0) is 6.42 Å². The van der Waals surface area contributed by atoms with Crippen molar-refractivity contribution in [2.45, 2.75) is 39.0 Å². The summed E-state index contributed by atoms with van der Waals surface area (Å²) in [5, 5.41) is 11.1. The van der Waals surface area contributed by atoms with Crippen molar-refractivity contribution in [1.29, 1.82) is 0 Å². The molecule has 0 unspecified atom stereocenters. The molecule has 0 aliphatic carbocycles. The van der Waals surface area contributed by atoms with Crippen molar-refractivity contribution in [3.63, 3.8) is 0 Å². The second-order valence-corrected chi connectivity index (χ2v) is 3.40. The van der Waals surface area contributed by atoms with E-state index in [1.165, 1.54) is 0 Å². The fourth-order valence-corrected chi connectivity index (χ4v) is 1.40. The van der Waals surface area contributed by atoms with Gasteiger partial charge in [-0.05, 0) is 19.9 Å². The summed E-state index contributed by atoms with van der Waals surface area (Å²) in [7, 11) is 1.91. The Labute approximate surface area is 85.1 Å². The molecule has 0 saturated heterocycles. The van der Waals surface area contributed by atoms with Crippen LogP contribution in [0.15, 0.2) is 4.42 Å². The summed E-state index contributed by atoms with van der Waals surface area (Å²) in [6, 6.07) is 0. The molecule has 0 aromatic carbocycles. The molecular weight excluding hydrogens is 178 g/mol. The average molecular weight is 197 g/mol. The zero-order valence-electron chi connectivity index (χ0n) is 9.21. The first-order chi connectivity index (χ1) is 6.81. The van der Waals surface area contributed by atoms with Crippen molar-refractivity contribution in [2.24, 2.45) is 0 Å². The Kier molecular flexibility index (Phi) is 4.59. The first-order valence-corrected chi connectivity index (χ1v) is 5.28. The molecule has 1 N–H and O–H groups in total. The van der Waals surface area contributed by atoms with Gasteiger partial charge in [0.15, 0.2) is 0 Å². The van der Waals surface area contributed by atoms with Gasteiger partial charge in [-0.15, -0.1) is 10.2 Å². The van der Waals surface area contributed by atoms with Gasteiger partial charge in [-0.2, -0.15) is 0 Å². The van der Waals surface area contributed by atoms with Gasteiger partial charge in [0.1, 0.15) is 0 Å². The van der Waals surface area contributed by atoms with Crippen LogP contribution in [0.1, 0.15) is 44.4 Å². The van der Waals surface area contributed by atoms with Crippen LogP contribution in [0.5, 0.6) is 0 Å². The lowest BCUT2D eigenvalue weighted by molar-refractivity contribution is 0.402. The van der Waals surface area contributed by atoms with Gasteiger partial charge in [-0.1, -0.05) is 13.8 Å². The van der Waals surface area contributed by atoms with Crippen LogP contribution < -0.4 is 5.32 Å². The predicted octanol–water partition coefficient (Wildman–Crippen LogP) is 1.74. The Morgan fingerprint density at radius 3 is 2.57 bits per heavy atom. The molecule has 4 nitrogen and oxygen atoms in total. The van der Waals surface area contributed by atoms with E-state index in [1.54, 1.807) is 0 Å². The quantitative estimate of drug-likeness (QED) is 0.754. The van der Waals surface area contributed by atoms with Gasteiger partial charge in [-0.25, -0.2) is 0 Å². The Bertz CT molecular complexity index is 256. The topological polar surface area (TPSA) is 51.0 Å². The summed E-state index contributed by atoms with van der Waals surface area (Å²) in [6.07, 6.45) is 2.93. The number of likely N-dealkylation sites (N-methyl/N-ethyl adjacent to an activating group) is 1. The summed E-state index contributed by atoms with van der Waals surface area (Å²) in [4.78, 5) is 0. The Morgan fingerprint density at radius 1 is 1.29 bits per heavy atom. The Morgan fingerprint density at radius 2 is 2.00 bits per heavy atom. The van der Waals surface area contributed by atoms with Gasteiger partial charge in [0.2, 0.25) is 11.8 Å². The summed E-state index contributed by atoms with van der Waals surface area (Å²) < 4.78 is 5.57. The maximum atomic E-state index is 5.57. The van der Waals surface area contributed by atoms with E-state index in [4.69, 9.17) is 4.42 Å². The molecule has 0 amide bonds. The molecule has 0 aliphatic heterocycles. The van der Waals surface area contributed by atoms with Gasteiger partial charge in [0.05, 0.1) is 0 Å². The monoisotopic (exact) mass is 197 g/mol. The minimum Gasteiger partial charge on any atom is -0.425 e. The first kappa shape index (κ1) is 11.2. The maximum absolute atomic E-state index is 5.57. The van der Waals surface area contributed by atoms with E-state index in [1.807, 2.05) is 7.05 Å². The van der Waals surface area contributed by atoms with Crippen molar-refractivity contribution in [2.75, 3.05) is 13.6 Å².